The van der Waals surface area contributed by atoms with E-state index in [0.717, 1.165) is 0 Å². The number of carbonyl (C=O) groups excluding carboxylic acids is 3. The van der Waals surface area contributed by atoms with Gasteiger partial charge in [-0.3, -0.25) is 14.5 Å². The molecule has 0 spiro atoms. The molecule has 3 aromatic carbocycles. The second-order valence-corrected chi connectivity index (χ2v) is 8.22. The molecule has 184 valence electrons. The third-order valence-corrected chi connectivity index (χ3v) is 6.13. The third kappa shape index (κ3) is 4.27. The molecule has 1 amide bonds. The summed E-state index contributed by atoms with van der Waals surface area (Å²) in [7, 11) is 4.05. The average Bonchev–Trinajstić information content (AvgIpc) is 3.18. The number of aliphatic hydroxyl groups is 1. The fraction of sp³-hybridized carbons (Fsp3) is 0.148. The first-order chi connectivity index (χ1) is 17.3. The van der Waals surface area contributed by atoms with Crippen LogP contribution in [0.25, 0.3) is 5.76 Å². The van der Waals surface area contributed by atoms with Crippen LogP contribution in [0.2, 0.25) is 5.02 Å². The lowest BCUT2D eigenvalue weighted by molar-refractivity contribution is -0.132. The lowest BCUT2D eigenvalue weighted by atomic mass is 9.94. The molecule has 0 radical (unpaired) electrons. The zero-order valence-electron chi connectivity index (χ0n) is 19.7. The number of rotatable bonds is 6. The van der Waals surface area contributed by atoms with E-state index in [-0.39, 0.29) is 38.9 Å². The molecule has 1 aliphatic heterocycles. The van der Waals surface area contributed by atoms with Gasteiger partial charge in [-0.2, -0.15) is 0 Å². The molecule has 1 unspecified atom stereocenters. The van der Waals surface area contributed by atoms with Crippen LogP contribution in [0.3, 0.4) is 0 Å². The van der Waals surface area contributed by atoms with Gasteiger partial charge >= 0.3 is 5.97 Å². The van der Waals surface area contributed by atoms with Crippen LogP contribution in [0, 0.1) is 0 Å². The second kappa shape index (κ2) is 10.1. The average molecular weight is 508 g/mol. The molecule has 0 aromatic heterocycles. The van der Waals surface area contributed by atoms with Gasteiger partial charge in [-0.05, 0) is 29.8 Å². The van der Waals surface area contributed by atoms with Gasteiger partial charge in [-0.1, -0.05) is 48.0 Å². The number of esters is 1. The van der Waals surface area contributed by atoms with Gasteiger partial charge in [0.05, 0.1) is 49.1 Å². The molecule has 1 fully saturated rings. The lowest BCUT2D eigenvalue weighted by Gasteiger charge is -2.26. The van der Waals surface area contributed by atoms with E-state index in [1.807, 2.05) is 0 Å². The highest BCUT2D eigenvalue weighted by Gasteiger charge is 2.47. The maximum absolute atomic E-state index is 13.4. The monoisotopic (exact) mass is 507 g/mol. The molecule has 1 saturated heterocycles. The van der Waals surface area contributed by atoms with Crippen molar-refractivity contribution < 1.29 is 33.7 Å². The normalized spacial score (nSPS) is 16.7. The number of halogens is 1. The predicted molar refractivity (Wildman–Crippen MR) is 134 cm³/mol. The van der Waals surface area contributed by atoms with Crippen molar-refractivity contribution in [3.8, 4) is 11.5 Å². The quantitative estimate of drug-likeness (QED) is 0.222. The standard InChI is InChI=1S/C27H22ClNO7/c1-34-20-14-19(28)21(35-2)13-18(20)24(30)22-23(15-8-5-4-6-9-15)29(26(32)25(22)31)17-11-7-10-16(12-17)27(33)36-3/h4-14,23,30H,1-3H3/b24-22+. The second-order valence-electron chi connectivity index (χ2n) is 7.81. The smallest absolute Gasteiger partial charge is 0.337 e. The molecule has 1 heterocycles. The first kappa shape index (κ1) is 24.8. The van der Waals surface area contributed by atoms with Gasteiger partial charge in [0, 0.05) is 11.8 Å². The Morgan fingerprint density at radius 1 is 0.917 bits per heavy atom. The van der Waals surface area contributed by atoms with Gasteiger partial charge in [0.15, 0.2) is 0 Å². The topological polar surface area (TPSA) is 102 Å². The molecule has 1 atom stereocenters. The summed E-state index contributed by atoms with van der Waals surface area (Å²) in [6, 6.07) is 16.8. The minimum atomic E-state index is -0.995. The zero-order valence-corrected chi connectivity index (χ0v) is 20.4. The molecule has 9 heteroatoms. The summed E-state index contributed by atoms with van der Waals surface area (Å²) >= 11 is 6.21. The number of benzene rings is 3. The number of Topliss-reactive ketones (excluding diaryl/α,β-unsaturated/α-hetero) is 1. The number of ether oxygens (including phenoxy) is 3. The Morgan fingerprint density at radius 3 is 2.25 bits per heavy atom. The molecular weight excluding hydrogens is 486 g/mol. The highest BCUT2D eigenvalue weighted by molar-refractivity contribution is 6.51. The Balaban J connectivity index is 1.98. The highest BCUT2D eigenvalue weighted by atomic mass is 35.5. The first-order valence-corrected chi connectivity index (χ1v) is 11.2. The molecule has 4 rings (SSSR count). The number of ketones is 1. The van der Waals surface area contributed by atoms with Crippen molar-refractivity contribution in [1.29, 1.82) is 0 Å². The Hall–Kier alpha value is -4.30. The summed E-state index contributed by atoms with van der Waals surface area (Å²) in [5.41, 5.74) is 1.03. The molecule has 0 aliphatic carbocycles. The number of hydrogen-bond donors (Lipinski definition) is 1. The lowest BCUT2D eigenvalue weighted by Crippen LogP contribution is -2.29. The van der Waals surface area contributed by atoms with Crippen LogP contribution in [-0.2, 0) is 14.3 Å². The Labute approximate surface area is 212 Å². The van der Waals surface area contributed by atoms with E-state index in [1.165, 1.54) is 50.5 Å². The summed E-state index contributed by atoms with van der Waals surface area (Å²) in [6.45, 7) is 0. The van der Waals surface area contributed by atoms with Crippen molar-refractivity contribution >= 4 is 40.7 Å². The molecule has 0 bridgehead atoms. The van der Waals surface area contributed by atoms with E-state index in [4.69, 9.17) is 25.8 Å². The van der Waals surface area contributed by atoms with Crippen LogP contribution in [-0.4, -0.2) is 44.1 Å². The van der Waals surface area contributed by atoms with Crippen LogP contribution in [0.15, 0.2) is 72.3 Å². The van der Waals surface area contributed by atoms with Gasteiger partial charge in [0.2, 0.25) is 0 Å². The van der Waals surface area contributed by atoms with Gasteiger partial charge < -0.3 is 19.3 Å². The third-order valence-electron chi connectivity index (χ3n) is 5.83. The molecule has 1 N–H and O–H groups in total. The minimum absolute atomic E-state index is 0.126. The van der Waals surface area contributed by atoms with E-state index in [2.05, 4.69) is 0 Å². The largest absolute Gasteiger partial charge is 0.507 e. The van der Waals surface area contributed by atoms with Crippen molar-refractivity contribution in [2.45, 2.75) is 6.04 Å². The van der Waals surface area contributed by atoms with Gasteiger partial charge in [0.1, 0.15) is 17.3 Å². The van der Waals surface area contributed by atoms with E-state index in [9.17, 15) is 19.5 Å². The van der Waals surface area contributed by atoms with Crippen molar-refractivity contribution in [3.05, 3.63) is 94.0 Å². The number of aliphatic hydroxyl groups excluding tert-OH is 1. The molecule has 1 aliphatic rings. The van der Waals surface area contributed by atoms with Crippen LogP contribution in [0.5, 0.6) is 11.5 Å². The van der Waals surface area contributed by atoms with Gasteiger partial charge in [-0.15, -0.1) is 0 Å². The van der Waals surface area contributed by atoms with E-state index in [0.29, 0.717) is 5.56 Å². The number of carbonyl (C=O) groups is 3. The fourth-order valence-corrected chi connectivity index (χ4v) is 4.37. The molecular formula is C27H22ClNO7. The summed E-state index contributed by atoms with van der Waals surface area (Å²) in [4.78, 5) is 40.1. The molecule has 8 nitrogen and oxygen atoms in total. The summed E-state index contributed by atoms with van der Waals surface area (Å²) in [6.07, 6.45) is 0. The van der Waals surface area contributed by atoms with Gasteiger partial charge in [-0.25, -0.2) is 4.79 Å². The van der Waals surface area contributed by atoms with E-state index < -0.39 is 29.5 Å². The molecule has 36 heavy (non-hydrogen) atoms. The maximum atomic E-state index is 13.4. The number of anilines is 1. The summed E-state index contributed by atoms with van der Waals surface area (Å²) in [5.74, 6) is -2.39. The SMILES string of the molecule is COC(=O)c1cccc(N2C(=O)C(=O)/C(=C(/O)c3cc(OC)c(Cl)cc3OC)C2c2ccccc2)c1. The highest BCUT2D eigenvalue weighted by Crippen LogP contribution is 2.44. The van der Waals surface area contributed by atoms with Crippen molar-refractivity contribution in [1.82, 2.24) is 0 Å². The van der Waals surface area contributed by atoms with Crippen LogP contribution < -0.4 is 14.4 Å². The summed E-state index contributed by atoms with van der Waals surface area (Å²) in [5, 5.41) is 11.7. The molecule has 3 aromatic rings. The van der Waals surface area contributed by atoms with E-state index >= 15 is 0 Å². The van der Waals surface area contributed by atoms with Crippen molar-refractivity contribution in [2.75, 3.05) is 26.2 Å². The number of hydrogen-bond acceptors (Lipinski definition) is 7. The predicted octanol–water partition coefficient (Wildman–Crippen LogP) is 4.77. The fourth-order valence-electron chi connectivity index (χ4n) is 4.14. The Kier molecular flexibility index (Phi) is 6.98. The van der Waals surface area contributed by atoms with Gasteiger partial charge in [0.25, 0.3) is 11.7 Å². The number of methoxy groups -OCH3 is 3. The Morgan fingerprint density at radius 2 is 1.61 bits per heavy atom. The van der Waals surface area contributed by atoms with Crippen molar-refractivity contribution in [3.63, 3.8) is 0 Å². The Bertz CT molecular complexity index is 1380. The number of nitrogens with zero attached hydrogens (tertiary/aromatic N) is 1. The van der Waals surface area contributed by atoms with Crippen LogP contribution >= 0.6 is 11.6 Å². The first-order valence-electron chi connectivity index (χ1n) is 10.8. The molecule has 0 saturated carbocycles. The van der Waals surface area contributed by atoms with Crippen molar-refractivity contribution in [2.24, 2.45) is 0 Å². The van der Waals surface area contributed by atoms with Crippen LogP contribution in [0.1, 0.15) is 27.5 Å². The zero-order chi connectivity index (χ0) is 26.0. The maximum Gasteiger partial charge on any atom is 0.337 e. The van der Waals surface area contributed by atoms with E-state index in [1.54, 1.807) is 42.5 Å². The minimum Gasteiger partial charge on any atom is -0.507 e. The summed E-state index contributed by atoms with van der Waals surface area (Å²) < 4.78 is 15.4. The number of amides is 1. The van der Waals surface area contributed by atoms with Crippen LogP contribution in [0.4, 0.5) is 5.69 Å².